The van der Waals surface area contributed by atoms with E-state index in [2.05, 4.69) is 5.10 Å². The Bertz CT molecular complexity index is 538. The summed E-state index contributed by atoms with van der Waals surface area (Å²) < 4.78 is 5.68. The molecule has 0 heterocycles. The first-order chi connectivity index (χ1) is 8.79. The van der Waals surface area contributed by atoms with Crippen LogP contribution in [-0.4, -0.2) is 5.84 Å². The van der Waals surface area contributed by atoms with Crippen molar-refractivity contribution in [1.82, 2.24) is 0 Å². The Kier molecular flexibility index (Phi) is 3.81. The monoisotopic (exact) mass is 241 g/mol. The van der Waals surface area contributed by atoms with Crippen molar-refractivity contribution in [2.75, 3.05) is 0 Å². The normalized spacial score (nSPS) is 11.2. The van der Waals surface area contributed by atoms with Crippen LogP contribution in [-0.2, 0) is 6.61 Å². The molecule has 0 aliphatic carbocycles. The summed E-state index contributed by atoms with van der Waals surface area (Å²) in [6.45, 7) is 0.518. The summed E-state index contributed by atoms with van der Waals surface area (Å²) in [6, 6.07) is 17.3. The van der Waals surface area contributed by atoms with Gasteiger partial charge in [0.05, 0.1) is 0 Å². The third-order valence-corrected chi connectivity index (χ3v) is 2.52. The van der Waals surface area contributed by atoms with Crippen LogP contribution in [0, 0.1) is 0 Å². The zero-order valence-corrected chi connectivity index (χ0v) is 9.91. The molecule has 0 radical (unpaired) electrons. The molecule has 92 valence electrons. The van der Waals surface area contributed by atoms with E-state index in [1.54, 1.807) is 0 Å². The molecule has 0 aliphatic rings. The fraction of sp³-hybridized carbons (Fsp3) is 0.0714. The van der Waals surface area contributed by atoms with Crippen LogP contribution in [0.4, 0.5) is 0 Å². The van der Waals surface area contributed by atoms with E-state index in [0.29, 0.717) is 12.4 Å². The molecular weight excluding hydrogens is 226 g/mol. The lowest BCUT2D eigenvalue weighted by molar-refractivity contribution is 0.306. The van der Waals surface area contributed by atoms with Gasteiger partial charge in [-0.25, -0.2) is 0 Å². The minimum Gasteiger partial charge on any atom is -0.489 e. The van der Waals surface area contributed by atoms with Crippen molar-refractivity contribution in [2.45, 2.75) is 6.61 Å². The SMILES string of the molecule is N/N=C(\N)c1cccc(OCc2ccccc2)c1. The Morgan fingerprint density at radius 3 is 2.56 bits per heavy atom. The molecule has 2 aromatic carbocycles. The van der Waals surface area contributed by atoms with Crippen molar-refractivity contribution in [2.24, 2.45) is 16.7 Å². The quantitative estimate of drug-likeness (QED) is 0.371. The van der Waals surface area contributed by atoms with Gasteiger partial charge in [0.25, 0.3) is 0 Å². The molecule has 0 bridgehead atoms. The van der Waals surface area contributed by atoms with Gasteiger partial charge in [-0.2, -0.15) is 5.10 Å². The lowest BCUT2D eigenvalue weighted by Gasteiger charge is -2.07. The van der Waals surface area contributed by atoms with Gasteiger partial charge in [-0.15, -0.1) is 0 Å². The van der Waals surface area contributed by atoms with Gasteiger partial charge in [0, 0.05) is 5.56 Å². The average Bonchev–Trinajstić information content (AvgIpc) is 2.45. The Morgan fingerprint density at radius 2 is 1.83 bits per heavy atom. The number of ether oxygens (including phenoxy) is 1. The van der Waals surface area contributed by atoms with E-state index < -0.39 is 0 Å². The molecule has 2 aromatic rings. The van der Waals surface area contributed by atoms with Gasteiger partial charge < -0.3 is 16.3 Å². The molecule has 0 fully saturated rings. The molecule has 4 nitrogen and oxygen atoms in total. The van der Waals surface area contributed by atoms with Gasteiger partial charge in [-0.05, 0) is 17.7 Å². The van der Waals surface area contributed by atoms with Crippen molar-refractivity contribution < 1.29 is 4.74 Å². The molecule has 0 aromatic heterocycles. The molecule has 2 rings (SSSR count). The second kappa shape index (κ2) is 5.72. The van der Waals surface area contributed by atoms with Crippen LogP contribution in [0.2, 0.25) is 0 Å². The molecule has 0 aliphatic heterocycles. The number of amidine groups is 1. The maximum absolute atomic E-state index is 5.68. The Balaban J connectivity index is 2.06. The lowest BCUT2D eigenvalue weighted by Crippen LogP contribution is -2.15. The molecule has 4 heteroatoms. The van der Waals surface area contributed by atoms with Gasteiger partial charge in [0.1, 0.15) is 18.2 Å². The van der Waals surface area contributed by atoms with Gasteiger partial charge in [-0.3, -0.25) is 0 Å². The highest BCUT2D eigenvalue weighted by Crippen LogP contribution is 2.15. The van der Waals surface area contributed by atoms with Crippen molar-refractivity contribution in [3.8, 4) is 5.75 Å². The van der Waals surface area contributed by atoms with Crippen LogP contribution >= 0.6 is 0 Å². The maximum atomic E-state index is 5.68. The fourth-order valence-corrected chi connectivity index (χ4v) is 1.56. The molecule has 0 amide bonds. The van der Waals surface area contributed by atoms with E-state index in [0.717, 1.165) is 16.9 Å². The second-order valence-electron chi connectivity index (χ2n) is 3.82. The minimum absolute atomic E-state index is 0.292. The number of nitrogens with two attached hydrogens (primary N) is 2. The van der Waals surface area contributed by atoms with Crippen LogP contribution in [0.25, 0.3) is 0 Å². The molecule has 0 saturated heterocycles. The Labute approximate surface area is 106 Å². The molecule has 18 heavy (non-hydrogen) atoms. The second-order valence-corrected chi connectivity index (χ2v) is 3.82. The predicted octanol–water partition coefficient (Wildman–Crippen LogP) is 1.84. The van der Waals surface area contributed by atoms with Crippen molar-refractivity contribution in [1.29, 1.82) is 0 Å². The Hall–Kier alpha value is -2.49. The maximum Gasteiger partial charge on any atom is 0.150 e. The molecule has 0 spiro atoms. The summed E-state index contributed by atoms with van der Waals surface area (Å²) in [4.78, 5) is 0. The largest absolute Gasteiger partial charge is 0.489 e. The number of rotatable bonds is 4. The van der Waals surface area contributed by atoms with Crippen molar-refractivity contribution in [3.63, 3.8) is 0 Å². The summed E-state index contributed by atoms with van der Waals surface area (Å²) >= 11 is 0. The van der Waals surface area contributed by atoms with Gasteiger partial charge in [0.15, 0.2) is 0 Å². The summed E-state index contributed by atoms with van der Waals surface area (Å²) in [6.07, 6.45) is 0. The van der Waals surface area contributed by atoms with Gasteiger partial charge in [0.2, 0.25) is 0 Å². The average molecular weight is 241 g/mol. The molecule has 0 saturated carbocycles. The van der Waals surface area contributed by atoms with Gasteiger partial charge >= 0.3 is 0 Å². The fourth-order valence-electron chi connectivity index (χ4n) is 1.56. The predicted molar refractivity (Wildman–Crippen MR) is 72.1 cm³/mol. The molecule has 4 N–H and O–H groups in total. The van der Waals surface area contributed by atoms with Crippen LogP contribution in [0.1, 0.15) is 11.1 Å². The van der Waals surface area contributed by atoms with E-state index >= 15 is 0 Å². The van der Waals surface area contributed by atoms with E-state index in [1.807, 2.05) is 54.6 Å². The summed E-state index contributed by atoms with van der Waals surface area (Å²) in [5.74, 6) is 6.17. The van der Waals surface area contributed by atoms with E-state index in [9.17, 15) is 0 Å². The van der Waals surface area contributed by atoms with E-state index in [-0.39, 0.29) is 0 Å². The first-order valence-electron chi connectivity index (χ1n) is 5.60. The zero-order chi connectivity index (χ0) is 12.8. The van der Waals surface area contributed by atoms with E-state index in [1.165, 1.54) is 0 Å². The number of hydrogen-bond donors (Lipinski definition) is 2. The first-order valence-corrected chi connectivity index (χ1v) is 5.60. The molecule has 0 unspecified atom stereocenters. The summed E-state index contributed by atoms with van der Waals surface area (Å²) in [5.41, 5.74) is 7.51. The lowest BCUT2D eigenvalue weighted by atomic mass is 10.2. The zero-order valence-electron chi connectivity index (χ0n) is 9.91. The highest BCUT2D eigenvalue weighted by atomic mass is 16.5. The van der Waals surface area contributed by atoms with Crippen LogP contribution < -0.4 is 16.3 Å². The molecule has 0 atom stereocenters. The molecular formula is C14H15N3O. The third-order valence-electron chi connectivity index (χ3n) is 2.52. The standard InChI is InChI=1S/C14H15N3O/c15-14(17-16)12-7-4-8-13(9-12)18-10-11-5-2-1-3-6-11/h1-9H,10,16H2,(H2,15,17). The topological polar surface area (TPSA) is 73.6 Å². The van der Waals surface area contributed by atoms with Crippen LogP contribution in [0.5, 0.6) is 5.75 Å². The highest BCUT2D eigenvalue weighted by molar-refractivity contribution is 5.97. The first kappa shape index (κ1) is 12.0. The third kappa shape index (κ3) is 3.01. The summed E-state index contributed by atoms with van der Waals surface area (Å²) in [7, 11) is 0. The van der Waals surface area contributed by atoms with Crippen LogP contribution in [0.3, 0.4) is 0 Å². The van der Waals surface area contributed by atoms with Crippen molar-refractivity contribution in [3.05, 3.63) is 65.7 Å². The highest BCUT2D eigenvalue weighted by Gasteiger charge is 2.01. The summed E-state index contributed by atoms with van der Waals surface area (Å²) in [5, 5.41) is 3.46. The van der Waals surface area contributed by atoms with Gasteiger partial charge in [-0.1, -0.05) is 42.5 Å². The van der Waals surface area contributed by atoms with Crippen LogP contribution in [0.15, 0.2) is 59.7 Å². The minimum atomic E-state index is 0.292. The number of hydrogen-bond acceptors (Lipinski definition) is 3. The van der Waals surface area contributed by atoms with E-state index in [4.69, 9.17) is 16.3 Å². The smallest absolute Gasteiger partial charge is 0.150 e. The van der Waals surface area contributed by atoms with Crippen molar-refractivity contribution >= 4 is 5.84 Å². The number of benzene rings is 2. The number of hydrazone groups is 1. The number of nitrogens with zero attached hydrogens (tertiary/aromatic N) is 1. The Morgan fingerprint density at radius 1 is 1.06 bits per heavy atom.